The molecule has 0 N–H and O–H groups in total. The SMILES string of the molecule is CCOc1cnc(C)nc1SC. The molecule has 0 fully saturated rings. The number of nitrogens with zero attached hydrogens (tertiary/aromatic N) is 2. The van der Waals surface area contributed by atoms with Gasteiger partial charge >= 0.3 is 0 Å². The number of aryl methyl sites for hydroxylation is 1. The molecule has 0 amide bonds. The first-order valence-electron chi connectivity index (χ1n) is 3.78. The predicted molar refractivity (Wildman–Crippen MR) is 49.7 cm³/mol. The Labute approximate surface area is 76.6 Å². The monoisotopic (exact) mass is 184 g/mol. The number of rotatable bonds is 3. The highest BCUT2D eigenvalue weighted by Gasteiger charge is 2.03. The third-order valence-corrected chi connectivity index (χ3v) is 2.02. The fraction of sp³-hybridized carbons (Fsp3) is 0.500. The maximum Gasteiger partial charge on any atom is 0.169 e. The molecular formula is C8H12N2OS. The molecule has 0 unspecified atom stereocenters. The van der Waals surface area contributed by atoms with Gasteiger partial charge in [-0.25, -0.2) is 9.97 Å². The van der Waals surface area contributed by atoms with E-state index in [2.05, 4.69) is 9.97 Å². The molecular weight excluding hydrogens is 172 g/mol. The van der Waals surface area contributed by atoms with Gasteiger partial charge in [0, 0.05) is 0 Å². The minimum atomic E-state index is 0.653. The molecule has 0 atom stereocenters. The van der Waals surface area contributed by atoms with Crippen molar-refractivity contribution in [2.45, 2.75) is 18.9 Å². The van der Waals surface area contributed by atoms with Crippen molar-refractivity contribution in [2.24, 2.45) is 0 Å². The van der Waals surface area contributed by atoms with Crippen molar-refractivity contribution in [1.82, 2.24) is 9.97 Å². The molecule has 0 radical (unpaired) electrons. The Morgan fingerprint density at radius 1 is 1.58 bits per heavy atom. The lowest BCUT2D eigenvalue weighted by atomic mass is 10.5. The van der Waals surface area contributed by atoms with Gasteiger partial charge < -0.3 is 4.74 Å². The molecule has 0 aliphatic rings. The third-order valence-electron chi connectivity index (χ3n) is 1.34. The van der Waals surface area contributed by atoms with E-state index in [1.807, 2.05) is 20.1 Å². The van der Waals surface area contributed by atoms with E-state index in [4.69, 9.17) is 4.74 Å². The van der Waals surface area contributed by atoms with E-state index in [0.717, 1.165) is 16.6 Å². The first kappa shape index (κ1) is 9.32. The summed E-state index contributed by atoms with van der Waals surface area (Å²) in [5.41, 5.74) is 0. The van der Waals surface area contributed by atoms with E-state index in [9.17, 15) is 0 Å². The quantitative estimate of drug-likeness (QED) is 0.531. The molecule has 0 aliphatic carbocycles. The van der Waals surface area contributed by atoms with E-state index in [1.54, 1.807) is 18.0 Å². The standard InChI is InChI=1S/C8H12N2OS/c1-4-11-7-5-9-6(2)10-8(7)12-3/h5H,4H2,1-3H3. The summed E-state index contributed by atoms with van der Waals surface area (Å²) in [7, 11) is 0. The van der Waals surface area contributed by atoms with E-state index in [-0.39, 0.29) is 0 Å². The predicted octanol–water partition coefficient (Wildman–Crippen LogP) is 1.91. The molecule has 0 bridgehead atoms. The molecule has 0 saturated carbocycles. The number of aromatic nitrogens is 2. The number of hydrogen-bond acceptors (Lipinski definition) is 4. The first-order valence-corrected chi connectivity index (χ1v) is 5.00. The topological polar surface area (TPSA) is 35.0 Å². The lowest BCUT2D eigenvalue weighted by Gasteiger charge is -2.06. The zero-order valence-corrected chi connectivity index (χ0v) is 8.31. The maximum absolute atomic E-state index is 5.34. The molecule has 4 heteroatoms. The van der Waals surface area contributed by atoms with Gasteiger partial charge in [-0.05, 0) is 20.1 Å². The largest absolute Gasteiger partial charge is 0.489 e. The summed E-state index contributed by atoms with van der Waals surface area (Å²) in [6, 6.07) is 0. The Morgan fingerprint density at radius 2 is 2.33 bits per heavy atom. The lowest BCUT2D eigenvalue weighted by Crippen LogP contribution is -1.97. The van der Waals surface area contributed by atoms with Crippen LogP contribution in [0.5, 0.6) is 5.75 Å². The zero-order chi connectivity index (χ0) is 8.97. The van der Waals surface area contributed by atoms with Crippen LogP contribution >= 0.6 is 11.8 Å². The molecule has 66 valence electrons. The van der Waals surface area contributed by atoms with Gasteiger partial charge in [-0.1, -0.05) is 0 Å². The van der Waals surface area contributed by atoms with Gasteiger partial charge in [-0.2, -0.15) is 0 Å². The fourth-order valence-electron chi connectivity index (χ4n) is 0.839. The molecule has 0 spiro atoms. The summed E-state index contributed by atoms with van der Waals surface area (Å²) in [6.07, 6.45) is 3.70. The van der Waals surface area contributed by atoms with Crippen LogP contribution in [0.3, 0.4) is 0 Å². The third kappa shape index (κ3) is 2.11. The van der Waals surface area contributed by atoms with Crippen LogP contribution < -0.4 is 4.74 Å². The van der Waals surface area contributed by atoms with Crippen molar-refractivity contribution in [3.63, 3.8) is 0 Å². The molecule has 0 saturated heterocycles. The van der Waals surface area contributed by atoms with Gasteiger partial charge in [0.2, 0.25) is 0 Å². The molecule has 0 aromatic carbocycles. The molecule has 0 aliphatic heterocycles. The van der Waals surface area contributed by atoms with Gasteiger partial charge in [0.25, 0.3) is 0 Å². The lowest BCUT2D eigenvalue weighted by molar-refractivity contribution is 0.327. The van der Waals surface area contributed by atoms with Crippen LogP contribution in [0.2, 0.25) is 0 Å². The minimum Gasteiger partial charge on any atom is -0.489 e. The van der Waals surface area contributed by atoms with E-state index in [0.29, 0.717) is 6.61 Å². The number of ether oxygens (including phenoxy) is 1. The zero-order valence-electron chi connectivity index (χ0n) is 7.50. The van der Waals surface area contributed by atoms with E-state index >= 15 is 0 Å². The van der Waals surface area contributed by atoms with Crippen LogP contribution in [-0.4, -0.2) is 22.8 Å². The van der Waals surface area contributed by atoms with Gasteiger partial charge in [-0.15, -0.1) is 11.8 Å². The Balaban J connectivity index is 2.94. The Kier molecular flexibility index (Phi) is 3.34. The number of thioether (sulfide) groups is 1. The van der Waals surface area contributed by atoms with Gasteiger partial charge in [0.05, 0.1) is 12.8 Å². The highest BCUT2D eigenvalue weighted by molar-refractivity contribution is 7.98. The second kappa shape index (κ2) is 4.30. The van der Waals surface area contributed by atoms with Crippen molar-refractivity contribution in [3.8, 4) is 5.75 Å². The van der Waals surface area contributed by atoms with Crippen LogP contribution in [-0.2, 0) is 0 Å². The average molecular weight is 184 g/mol. The van der Waals surface area contributed by atoms with Crippen LogP contribution in [0.25, 0.3) is 0 Å². The summed E-state index contributed by atoms with van der Waals surface area (Å²) >= 11 is 1.57. The molecule has 3 nitrogen and oxygen atoms in total. The highest BCUT2D eigenvalue weighted by atomic mass is 32.2. The van der Waals surface area contributed by atoms with Crippen molar-refractivity contribution < 1.29 is 4.74 Å². The van der Waals surface area contributed by atoms with Crippen LogP contribution in [0.15, 0.2) is 11.2 Å². The summed E-state index contributed by atoms with van der Waals surface area (Å²) in [6.45, 7) is 4.47. The fourth-order valence-corrected chi connectivity index (χ4v) is 1.38. The van der Waals surface area contributed by atoms with Crippen molar-refractivity contribution >= 4 is 11.8 Å². The summed E-state index contributed by atoms with van der Waals surface area (Å²) < 4.78 is 5.34. The normalized spacial score (nSPS) is 9.92. The maximum atomic E-state index is 5.34. The summed E-state index contributed by atoms with van der Waals surface area (Å²) in [5, 5.41) is 0.907. The second-order valence-electron chi connectivity index (χ2n) is 2.22. The minimum absolute atomic E-state index is 0.653. The summed E-state index contributed by atoms with van der Waals surface area (Å²) in [5.74, 6) is 1.55. The molecule has 12 heavy (non-hydrogen) atoms. The summed E-state index contributed by atoms with van der Waals surface area (Å²) in [4.78, 5) is 8.29. The Bertz CT molecular complexity index is 265. The second-order valence-corrected chi connectivity index (χ2v) is 3.02. The Morgan fingerprint density at radius 3 is 2.92 bits per heavy atom. The van der Waals surface area contributed by atoms with Gasteiger partial charge in [0.1, 0.15) is 10.9 Å². The molecule has 1 heterocycles. The first-order chi connectivity index (χ1) is 5.77. The Hall–Kier alpha value is -0.770. The van der Waals surface area contributed by atoms with Crippen molar-refractivity contribution in [2.75, 3.05) is 12.9 Å². The van der Waals surface area contributed by atoms with Crippen molar-refractivity contribution in [1.29, 1.82) is 0 Å². The van der Waals surface area contributed by atoms with Gasteiger partial charge in [0.15, 0.2) is 5.75 Å². The molecule has 1 aromatic rings. The van der Waals surface area contributed by atoms with Crippen LogP contribution in [0.1, 0.15) is 12.7 Å². The van der Waals surface area contributed by atoms with Crippen molar-refractivity contribution in [3.05, 3.63) is 12.0 Å². The van der Waals surface area contributed by atoms with Gasteiger partial charge in [-0.3, -0.25) is 0 Å². The average Bonchev–Trinajstić information content (AvgIpc) is 2.08. The van der Waals surface area contributed by atoms with Crippen LogP contribution in [0.4, 0.5) is 0 Å². The number of hydrogen-bond donors (Lipinski definition) is 0. The van der Waals surface area contributed by atoms with Crippen LogP contribution in [0, 0.1) is 6.92 Å². The smallest absolute Gasteiger partial charge is 0.169 e. The highest BCUT2D eigenvalue weighted by Crippen LogP contribution is 2.23. The molecule has 1 rings (SSSR count). The molecule has 1 aromatic heterocycles. The van der Waals surface area contributed by atoms with E-state index < -0.39 is 0 Å². The van der Waals surface area contributed by atoms with E-state index in [1.165, 1.54) is 0 Å².